The van der Waals surface area contributed by atoms with Gasteiger partial charge in [0.1, 0.15) is 5.75 Å². The van der Waals surface area contributed by atoms with Crippen LogP contribution in [0.3, 0.4) is 0 Å². The van der Waals surface area contributed by atoms with E-state index in [0.29, 0.717) is 11.4 Å². The number of nitrogens with zero attached hydrogens (tertiary/aromatic N) is 1. The lowest BCUT2D eigenvalue weighted by molar-refractivity contribution is 0.0593. The van der Waals surface area contributed by atoms with Crippen LogP contribution in [0.5, 0.6) is 5.75 Å². The van der Waals surface area contributed by atoms with Gasteiger partial charge < -0.3 is 9.47 Å². The molecule has 2 rings (SSSR count). The molecule has 0 radical (unpaired) electrons. The first-order valence-electron chi connectivity index (χ1n) is 5.44. The quantitative estimate of drug-likeness (QED) is 0.777. The van der Waals surface area contributed by atoms with Crippen LogP contribution >= 0.6 is 0 Å². The zero-order valence-electron chi connectivity index (χ0n) is 10.2. The SMILES string of the molecule is COC(=O)c1cc(OC)cc(-c2ccccc2)n1. The van der Waals surface area contributed by atoms with E-state index in [1.807, 2.05) is 30.3 Å². The molecule has 0 spiro atoms. The van der Waals surface area contributed by atoms with Crippen LogP contribution in [0.2, 0.25) is 0 Å². The summed E-state index contributed by atoms with van der Waals surface area (Å²) in [5.74, 6) is 0.0929. The molecule has 1 heterocycles. The summed E-state index contributed by atoms with van der Waals surface area (Å²) in [6.45, 7) is 0. The van der Waals surface area contributed by atoms with Crippen molar-refractivity contribution < 1.29 is 14.3 Å². The van der Waals surface area contributed by atoms with Crippen molar-refractivity contribution in [1.29, 1.82) is 0 Å². The van der Waals surface area contributed by atoms with E-state index in [1.165, 1.54) is 7.11 Å². The summed E-state index contributed by atoms with van der Waals surface area (Å²) in [7, 11) is 2.87. The number of benzene rings is 1. The van der Waals surface area contributed by atoms with Gasteiger partial charge >= 0.3 is 5.97 Å². The number of hydrogen-bond donors (Lipinski definition) is 0. The molecule has 0 fully saturated rings. The lowest BCUT2D eigenvalue weighted by Crippen LogP contribution is -2.05. The average Bonchev–Trinajstić information content (AvgIpc) is 2.46. The molecule has 4 nitrogen and oxygen atoms in total. The Labute approximate surface area is 105 Å². The smallest absolute Gasteiger partial charge is 0.356 e. The topological polar surface area (TPSA) is 48.4 Å². The van der Waals surface area contributed by atoms with Crippen LogP contribution in [0.1, 0.15) is 10.5 Å². The van der Waals surface area contributed by atoms with Crippen LogP contribution in [-0.2, 0) is 4.74 Å². The predicted molar refractivity (Wildman–Crippen MR) is 67.6 cm³/mol. The van der Waals surface area contributed by atoms with Gasteiger partial charge in [0.2, 0.25) is 0 Å². The van der Waals surface area contributed by atoms with Gasteiger partial charge in [-0.2, -0.15) is 0 Å². The Balaban J connectivity index is 2.51. The number of aromatic nitrogens is 1. The number of carbonyl (C=O) groups excluding carboxylic acids is 1. The van der Waals surface area contributed by atoms with Gasteiger partial charge in [-0.1, -0.05) is 30.3 Å². The third kappa shape index (κ3) is 2.48. The third-order valence-electron chi connectivity index (χ3n) is 2.50. The Hall–Kier alpha value is -2.36. The Bertz CT molecular complexity index is 552. The summed E-state index contributed by atoms with van der Waals surface area (Å²) in [6.07, 6.45) is 0. The number of esters is 1. The van der Waals surface area contributed by atoms with E-state index in [4.69, 9.17) is 4.74 Å². The second kappa shape index (κ2) is 5.31. The first-order chi connectivity index (χ1) is 8.74. The van der Waals surface area contributed by atoms with E-state index in [-0.39, 0.29) is 5.69 Å². The standard InChI is InChI=1S/C14H13NO3/c1-17-11-8-12(10-6-4-3-5-7-10)15-13(9-11)14(16)18-2/h3-9H,1-2H3. The van der Waals surface area contributed by atoms with Crippen LogP contribution < -0.4 is 4.74 Å². The van der Waals surface area contributed by atoms with Crippen molar-refractivity contribution in [2.45, 2.75) is 0 Å². The summed E-state index contributed by atoms with van der Waals surface area (Å²) < 4.78 is 9.83. The van der Waals surface area contributed by atoms with Crippen molar-refractivity contribution in [2.24, 2.45) is 0 Å². The summed E-state index contributed by atoms with van der Waals surface area (Å²) in [5.41, 5.74) is 1.83. The van der Waals surface area contributed by atoms with Crippen molar-refractivity contribution in [3.63, 3.8) is 0 Å². The second-order valence-corrected chi connectivity index (χ2v) is 3.64. The minimum absolute atomic E-state index is 0.232. The van der Waals surface area contributed by atoms with Crippen LogP contribution in [0, 0.1) is 0 Å². The summed E-state index contributed by atoms with van der Waals surface area (Å²) in [5, 5.41) is 0. The maximum atomic E-state index is 11.5. The minimum atomic E-state index is -0.480. The van der Waals surface area contributed by atoms with E-state index in [2.05, 4.69) is 9.72 Å². The molecule has 0 amide bonds. The fraction of sp³-hybridized carbons (Fsp3) is 0.143. The van der Waals surface area contributed by atoms with Crippen molar-refractivity contribution in [2.75, 3.05) is 14.2 Å². The average molecular weight is 243 g/mol. The van der Waals surface area contributed by atoms with E-state index < -0.39 is 5.97 Å². The van der Waals surface area contributed by atoms with Crippen molar-refractivity contribution in [3.8, 4) is 17.0 Å². The van der Waals surface area contributed by atoms with E-state index in [9.17, 15) is 4.79 Å². The number of hydrogen-bond acceptors (Lipinski definition) is 4. The number of rotatable bonds is 3. The molecule has 0 aliphatic carbocycles. The molecule has 0 unspecified atom stereocenters. The molecular weight excluding hydrogens is 230 g/mol. The molecule has 0 saturated carbocycles. The molecule has 0 aliphatic rings. The predicted octanol–water partition coefficient (Wildman–Crippen LogP) is 2.54. The monoisotopic (exact) mass is 243 g/mol. The highest BCUT2D eigenvalue weighted by Crippen LogP contribution is 2.23. The molecule has 2 aromatic rings. The fourth-order valence-electron chi connectivity index (χ4n) is 1.59. The fourth-order valence-corrected chi connectivity index (χ4v) is 1.59. The molecule has 92 valence electrons. The van der Waals surface area contributed by atoms with Crippen LogP contribution in [0.15, 0.2) is 42.5 Å². The molecule has 0 atom stereocenters. The number of methoxy groups -OCH3 is 2. The molecule has 0 N–H and O–H groups in total. The van der Waals surface area contributed by atoms with Gasteiger partial charge in [0.25, 0.3) is 0 Å². The summed E-state index contributed by atoms with van der Waals surface area (Å²) in [6, 6.07) is 12.9. The van der Waals surface area contributed by atoms with Gasteiger partial charge in [0.05, 0.1) is 19.9 Å². The summed E-state index contributed by atoms with van der Waals surface area (Å²) >= 11 is 0. The highest BCUT2D eigenvalue weighted by Gasteiger charge is 2.11. The molecule has 0 aliphatic heterocycles. The maximum absolute atomic E-state index is 11.5. The zero-order chi connectivity index (χ0) is 13.0. The highest BCUT2D eigenvalue weighted by atomic mass is 16.5. The Morgan fingerprint density at radius 3 is 2.44 bits per heavy atom. The lowest BCUT2D eigenvalue weighted by atomic mass is 10.1. The first-order valence-corrected chi connectivity index (χ1v) is 5.44. The normalized spacial score (nSPS) is 9.89. The van der Waals surface area contributed by atoms with Crippen molar-refractivity contribution in [3.05, 3.63) is 48.2 Å². The first kappa shape index (κ1) is 12.1. The molecule has 18 heavy (non-hydrogen) atoms. The lowest BCUT2D eigenvalue weighted by Gasteiger charge is -2.07. The summed E-state index contributed by atoms with van der Waals surface area (Å²) in [4.78, 5) is 15.8. The molecule has 1 aromatic heterocycles. The van der Waals surface area contributed by atoms with Crippen molar-refractivity contribution >= 4 is 5.97 Å². The Morgan fingerprint density at radius 2 is 1.83 bits per heavy atom. The van der Waals surface area contributed by atoms with Crippen molar-refractivity contribution in [1.82, 2.24) is 4.98 Å². The molecule has 1 aromatic carbocycles. The van der Waals surface area contributed by atoms with E-state index in [1.54, 1.807) is 19.2 Å². The largest absolute Gasteiger partial charge is 0.497 e. The maximum Gasteiger partial charge on any atom is 0.356 e. The highest BCUT2D eigenvalue weighted by molar-refractivity contribution is 5.88. The number of ether oxygens (including phenoxy) is 2. The Kier molecular flexibility index (Phi) is 3.57. The molecule has 0 saturated heterocycles. The van der Waals surface area contributed by atoms with E-state index in [0.717, 1.165) is 5.56 Å². The molecule has 0 bridgehead atoms. The van der Waals surface area contributed by atoms with E-state index >= 15 is 0 Å². The van der Waals surface area contributed by atoms with Gasteiger partial charge in [-0.05, 0) is 0 Å². The van der Waals surface area contributed by atoms with Crippen LogP contribution in [0.4, 0.5) is 0 Å². The third-order valence-corrected chi connectivity index (χ3v) is 2.50. The van der Waals surface area contributed by atoms with Gasteiger partial charge in [-0.25, -0.2) is 9.78 Å². The zero-order valence-corrected chi connectivity index (χ0v) is 10.2. The van der Waals surface area contributed by atoms with Gasteiger partial charge in [-0.15, -0.1) is 0 Å². The number of pyridine rings is 1. The van der Waals surface area contributed by atoms with Gasteiger partial charge in [0.15, 0.2) is 5.69 Å². The van der Waals surface area contributed by atoms with Gasteiger partial charge in [0, 0.05) is 17.7 Å². The second-order valence-electron chi connectivity index (χ2n) is 3.64. The van der Waals surface area contributed by atoms with Crippen LogP contribution in [0.25, 0.3) is 11.3 Å². The Morgan fingerprint density at radius 1 is 1.11 bits per heavy atom. The number of carbonyl (C=O) groups is 1. The van der Waals surface area contributed by atoms with Crippen LogP contribution in [-0.4, -0.2) is 25.2 Å². The van der Waals surface area contributed by atoms with Gasteiger partial charge in [-0.3, -0.25) is 0 Å². The minimum Gasteiger partial charge on any atom is -0.497 e. The molecule has 4 heteroatoms. The molecular formula is C14H13NO3.